The fraction of sp³-hybridized carbons (Fsp3) is 0.562. The third-order valence-corrected chi connectivity index (χ3v) is 11.2. The number of carbonyl (C=O) groups is 2. The summed E-state index contributed by atoms with van der Waals surface area (Å²) < 4.78 is 19.2. The van der Waals surface area contributed by atoms with Gasteiger partial charge < -0.3 is 29.2 Å². The van der Waals surface area contributed by atoms with Crippen LogP contribution in [0.4, 0.5) is 4.79 Å². The molecule has 1 aromatic carbocycles. The maximum Gasteiger partial charge on any atom is 0.410 e. The number of amides is 1. The quantitative estimate of drug-likeness (QED) is 0.548. The molecule has 8 nitrogen and oxygen atoms in total. The number of hydrogen-bond acceptors (Lipinski definition) is 6. The molecule has 3 aliphatic carbocycles. The lowest BCUT2D eigenvalue weighted by Gasteiger charge is -2.67. The number of fused-ring (bicyclic) bond motifs is 9. The molecule has 3 fully saturated rings. The number of aromatic nitrogens is 1. The maximum absolute atomic E-state index is 13.5. The molecule has 212 valence electrons. The van der Waals surface area contributed by atoms with Crippen LogP contribution < -0.4 is 0 Å². The van der Waals surface area contributed by atoms with Gasteiger partial charge in [-0.2, -0.15) is 0 Å². The van der Waals surface area contributed by atoms with Crippen molar-refractivity contribution in [2.75, 3.05) is 13.6 Å². The zero-order valence-corrected chi connectivity index (χ0v) is 23.9. The van der Waals surface area contributed by atoms with E-state index in [4.69, 9.17) is 14.2 Å². The lowest BCUT2D eigenvalue weighted by molar-refractivity contribution is -0.274. The number of ketones is 1. The van der Waals surface area contributed by atoms with Crippen LogP contribution in [-0.4, -0.2) is 69.7 Å². The number of benzene rings is 1. The molecule has 2 saturated carbocycles. The van der Waals surface area contributed by atoms with Gasteiger partial charge in [-0.05, 0) is 56.7 Å². The van der Waals surface area contributed by atoms with Gasteiger partial charge in [-0.15, -0.1) is 6.58 Å². The molecule has 5 aliphatic rings. The van der Waals surface area contributed by atoms with E-state index in [0.717, 1.165) is 17.6 Å². The zero-order chi connectivity index (χ0) is 28.5. The summed E-state index contributed by atoms with van der Waals surface area (Å²) in [6.45, 7) is 12.1. The molecule has 7 rings (SSSR count). The average Bonchev–Trinajstić information content (AvgIpc) is 3.49. The molecule has 0 radical (unpaired) electrons. The van der Waals surface area contributed by atoms with Gasteiger partial charge in [0.15, 0.2) is 17.7 Å². The summed E-state index contributed by atoms with van der Waals surface area (Å²) in [5.74, 6) is -1.38. The minimum Gasteiger partial charge on any atom is -0.443 e. The van der Waals surface area contributed by atoms with E-state index in [0.29, 0.717) is 31.4 Å². The van der Waals surface area contributed by atoms with Gasteiger partial charge in [-0.25, -0.2) is 4.79 Å². The molecule has 2 bridgehead atoms. The Hall–Kier alpha value is -2.94. The van der Waals surface area contributed by atoms with Crippen LogP contribution in [0.15, 0.2) is 48.6 Å². The monoisotopic (exact) mass is 546 g/mol. The summed E-state index contributed by atoms with van der Waals surface area (Å²) in [6, 6.07) is 8.30. The van der Waals surface area contributed by atoms with Crippen molar-refractivity contribution in [2.24, 2.45) is 11.3 Å². The van der Waals surface area contributed by atoms with Crippen LogP contribution in [0, 0.1) is 11.3 Å². The molecular formula is C32H38N2O6. The summed E-state index contributed by atoms with van der Waals surface area (Å²) in [5.41, 5.74) is -0.0533. The van der Waals surface area contributed by atoms with Gasteiger partial charge in [0.05, 0.1) is 0 Å². The molecule has 7 atom stereocenters. The van der Waals surface area contributed by atoms with E-state index in [1.807, 2.05) is 19.9 Å². The number of ether oxygens (including phenoxy) is 3. The number of rotatable bonds is 3. The number of para-hydroxylation sites is 1. The summed E-state index contributed by atoms with van der Waals surface area (Å²) in [6.07, 6.45) is 3.25. The summed E-state index contributed by atoms with van der Waals surface area (Å²) >= 11 is 0. The molecule has 3 heterocycles. The van der Waals surface area contributed by atoms with E-state index in [-0.39, 0.29) is 11.7 Å². The third kappa shape index (κ3) is 2.87. The van der Waals surface area contributed by atoms with Crippen LogP contribution in [-0.2, 0) is 30.8 Å². The Morgan fingerprint density at radius 1 is 1.25 bits per heavy atom. The van der Waals surface area contributed by atoms with E-state index in [1.54, 1.807) is 19.2 Å². The van der Waals surface area contributed by atoms with Gasteiger partial charge in [0.2, 0.25) is 0 Å². The third-order valence-electron chi connectivity index (χ3n) is 11.2. The van der Waals surface area contributed by atoms with Crippen LogP contribution in [0.5, 0.6) is 0 Å². The van der Waals surface area contributed by atoms with Crippen LogP contribution in [0.2, 0.25) is 0 Å². The van der Waals surface area contributed by atoms with Crippen LogP contribution in [0.25, 0.3) is 10.9 Å². The first kappa shape index (κ1) is 26.0. The molecular weight excluding hydrogens is 508 g/mol. The minimum atomic E-state index is -1.72. The van der Waals surface area contributed by atoms with Crippen molar-refractivity contribution in [2.45, 2.75) is 88.0 Å². The zero-order valence-electron chi connectivity index (χ0n) is 23.9. The Bertz CT molecular complexity index is 1510. The SMILES string of the molecule is C=CCN(C)C(=O)O[C@H]1C[C@H]2Cc3c([nH]c4ccccc34)[C@]2(C)[C@@]2(C)CC[C@@]34O[C@@H](C(=O)C=C3[C@]12O)C(C)(C)O4. The summed E-state index contributed by atoms with van der Waals surface area (Å²) in [5, 5.41) is 14.5. The van der Waals surface area contributed by atoms with Crippen molar-refractivity contribution in [3.8, 4) is 0 Å². The topological polar surface area (TPSA) is 101 Å². The van der Waals surface area contributed by atoms with Gasteiger partial charge in [0, 0.05) is 53.0 Å². The van der Waals surface area contributed by atoms with Gasteiger partial charge in [0.1, 0.15) is 17.3 Å². The van der Waals surface area contributed by atoms with Gasteiger partial charge >= 0.3 is 6.09 Å². The predicted octanol–water partition coefficient (Wildman–Crippen LogP) is 4.56. The predicted molar refractivity (Wildman–Crippen MR) is 149 cm³/mol. The fourth-order valence-corrected chi connectivity index (χ4v) is 9.01. The second kappa shape index (κ2) is 7.87. The largest absolute Gasteiger partial charge is 0.443 e. The highest BCUT2D eigenvalue weighted by molar-refractivity contribution is 5.97. The molecule has 1 saturated heterocycles. The Morgan fingerprint density at radius 2 is 2.00 bits per heavy atom. The van der Waals surface area contributed by atoms with Crippen LogP contribution in [0.3, 0.4) is 0 Å². The van der Waals surface area contributed by atoms with Crippen molar-refractivity contribution in [1.82, 2.24) is 9.88 Å². The number of nitrogens with one attached hydrogen (secondary N) is 1. The highest BCUT2D eigenvalue weighted by Gasteiger charge is 2.78. The van der Waals surface area contributed by atoms with E-state index in [1.165, 1.54) is 15.8 Å². The van der Waals surface area contributed by atoms with Crippen LogP contribution in [0.1, 0.15) is 58.2 Å². The van der Waals surface area contributed by atoms with Crippen molar-refractivity contribution >= 4 is 22.8 Å². The van der Waals surface area contributed by atoms with E-state index in [2.05, 4.69) is 43.6 Å². The van der Waals surface area contributed by atoms with E-state index in [9.17, 15) is 14.7 Å². The molecule has 40 heavy (non-hydrogen) atoms. The minimum absolute atomic E-state index is 0.106. The molecule has 1 aromatic heterocycles. The average molecular weight is 547 g/mol. The fourth-order valence-electron chi connectivity index (χ4n) is 9.01. The number of likely N-dealkylation sites (N-methyl/N-ethyl adjacent to an activating group) is 1. The molecule has 2 aromatic rings. The molecule has 8 heteroatoms. The normalized spacial score (nSPS) is 40.5. The summed E-state index contributed by atoms with van der Waals surface area (Å²) in [4.78, 5) is 31.9. The lowest BCUT2D eigenvalue weighted by Crippen LogP contribution is -2.75. The second-order valence-electron chi connectivity index (χ2n) is 13.4. The number of nitrogens with zero attached hydrogens (tertiary/aromatic N) is 1. The highest BCUT2D eigenvalue weighted by Crippen LogP contribution is 2.72. The standard InChI is InChI=1S/C32H38N2O6/c1-7-14-34(6)27(36)38-24-16-18-15-20-19-10-8-9-11-21(19)33-25(20)30(18,5)29(4)12-13-31-23(32(24,29)37)17-22(35)26(39-31)28(2,3)40-31/h7-11,17-18,24,26,33,37H,1,12-16H2,2-6H3/t18-,24+,26+,29-,30-,31+,32+/m1/s1. The Balaban J connectivity index is 1.43. The Labute approximate surface area is 234 Å². The molecule has 1 spiro atoms. The number of hydrogen-bond donors (Lipinski definition) is 2. The maximum atomic E-state index is 13.5. The number of aliphatic hydroxyl groups is 1. The first-order chi connectivity index (χ1) is 18.8. The van der Waals surface area contributed by atoms with Crippen molar-refractivity contribution < 1.29 is 28.9 Å². The Morgan fingerprint density at radius 3 is 2.75 bits per heavy atom. The molecule has 0 unspecified atom stereocenters. The molecule has 2 aliphatic heterocycles. The molecule has 2 N–H and O–H groups in total. The summed E-state index contributed by atoms with van der Waals surface area (Å²) in [7, 11) is 1.65. The first-order valence-electron chi connectivity index (χ1n) is 14.3. The number of H-pyrrole nitrogens is 1. The van der Waals surface area contributed by atoms with Crippen molar-refractivity contribution in [3.05, 3.63) is 59.8 Å². The lowest BCUT2D eigenvalue weighted by atomic mass is 9.41. The number of aromatic amines is 1. The Kier molecular flexibility index (Phi) is 5.11. The van der Waals surface area contributed by atoms with Crippen molar-refractivity contribution in [1.29, 1.82) is 0 Å². The van der Waals surface area contributed by atoms with Gasteiger partial charge in [-0.1, -0.05) is 38.1 Å². The smallest absolute Gasteiger partial charge is 0.410 e. The number of carbonyl (C=O) groups excluding carboxylic acids is 2. The molecule has 1 amide bonds. The van der Waals surface area contributed by atoms with E-state index < -0.39 is 46.1 Å². The van der Waals surface area contributed by atoms with Gasteiger partial charge in [-0.3, -0.25) is 4.79 Å². The van der Waals surface area contributed by atoms with Crippen LogP contribution >= 0.6 is 0 Å². The van der Waals surface area contributed by atoms with E-state index >= 15 is 0 Å². The second-order valence-corrected chi connectivity index (χ2v) is 13.4. The highest BCUT2D eigenvalue weighted by atomic mass is 16.8. The first-order valence-corrected chi connectivity index (χ1v) is 14.3. The van der Waals surface area contributed by atoms with Gasteiger partial charge in [0.25, 0.3) is 0 Å². The van der Waals surface area contributed by atoms with Crippen molar-refractivity contribution in [3.63, 3.8) is 0 Å².